The summed E-state index contributed by atoms with van der Waals surface area (Å²) < 4.78 is 33.5. The maximum atomic E-state index is 14.3. The van der Waals surface area contributed by atoms with Crippen molar-refractivity contribution < 1.29 is 28.2 Å². The molecule has 0 saturated carbocycles. The van der Waals surface area contributed by atoms with E-state index < -0.39 is 55.2 Å². The Kier molecular flexibility index (Phi) is 8.83. The van der Waals surface area contributed by atoms with Crippen LogP contribution in [0.1, 0.15) is 47.3 Å². The normalized spacial score (nSPS) is 20.9. The summed E-state index contributed by atoms with van der Waals surface area (Å²) in [6, 6.07) is 20.0. The first-order valence-electron chi connectivity index (χ1n) is 13.6. The molecule has 2 heterocycles. The van der Waals surface area contributed by atoms with Gasteiger partial charge in [0, 0.05) is 5.92 Å². The third-order valence-electron chi connectivity index (χ3n) is 7.70. The van der Waals surface area contributed by atoms with Gasteiger partial charge in [-0.05, 0) is 35.7 Å². The molecule has 0 spiro atoms. The van der Waals surface area contributed by atoms with Crippen molar-refractivity contribution in [3.8, 4) is 0 Å². The van der Waals surface area contributed by atoms with Gasteiger partial charge in [0.25, 0.3) is 13.9 Å². The number of aromatic nitrogens is 2. The molecule has 220 valence electrons. The van der Waals surface area contributed by atoms with Crippen LogP contribution in [0.5, 0.6) is 0 Å². The molecule has 41 heavy (non-hydrogen) atoms. The van der Waals surface area contributed by atoms with E-state index >= 15 is 0 Å². The van der Waals surface area contributed by atoms with E-state index in [1.165, 1.54) is 6.92 Å². The van der Waals surface area contributed by atoms with Crippen LogP contribution in [0.4, 0.5) is 4.39 Å². The topological polar surface area (TPSA) is 120 Å². The SMILES string of the molecule is CCOC(=O)[C@@](C)(O)[C@@H]1C[C@@H](CO[Si](c2ccccc2)(c2ccccc2)C(C)(C)C)O[C@H]1n1cc(F)c(=O)[nH]c1=O. The quantitative estimate of drug-likeness (QED) is 0.293. The molecule has 0 radical (unpaired) electrons. The molecule has 1 fully saturated rings. The lowest BCUT2D eigenvalue weighted by Gasteiger charge is -2.43. The van der Waals surface area contributed by atoms with Crippen molar-refractivity contribution in [1.29, 1.82) is 0 Å². The first-order chi connectivity index (χ1) is 19.3. The van der Waals surface area contributed by atoms with E-state index in [-0.39, 0.29) is 24.7 Å². The fraction of sp³-hybridized carbons (Fsp3) is 0.433. The average Bonchev–Trinajstić information content (AvgIpc) is 3.36. The van der Waals surface area contributed by atoms with Gasteiger partial charge in [-0.3, -0.25) is 14.3 Å². The lowest BCUT2D eigenvalue weighted by molar-refractivity contribution is -0.174. The summed E-state index contributed by atoms with van der Waals surface area (Å²) in [5, 5.41) is 13.1. The van der Waals surface area contributed by atoms with Gasteiger partial charge < -0.3 is 19.0 Å². The number of halogens is 1. The van der Waals surface area contributed by atoms with E-state index in [0.29, 0.717) is 0 Å². The van der Waals surface area contributed by atoms with Gasteiger partial charge in [0.1, 0.15) is 6.23 Å². The molecule has 1 aromatic heterocycles. The molecular weight excluding hydrogens is 547 g/mol. The number of nitrogens with zero attached hydrogens (tertiary/aromatic N) is 1. The molecule has 1 aliphatic heterocycles. The van der Waals surface area contributed by atoms with Crippen LogP contribution in [-0.4, -0.2) is 53.9 Å². The van der Waals surface area contributed by atoms with Crippen molar-refractivity contribution in [2.45, 2.75) is 64.0 Å². The summed E-state index contributed by atoms with van der Waals surface area (Å²) in [7, 11) is -2.96. The minimum absolute atomic E-state index is 0.0286. The summed E-state index contributed by atoms with van der Waals surface area (Å²) in [5.74, 6) is -3.11. The van der Waals surface area contributed by atoms with Crippen molar-refractivity contribution in [2.75, 3.05) is 13.2 Å². The second-order valence-corrected chi connectivity index (χ2v) is 15.8. The van der Waals surface area contributed by atoms with Crippen molar-refractivity contribution in [2.24, 2.45) is 5.92 Å². The van der Waals surface area contributed by atoms with Gasteiger partial charge in [0.2, 0.25) is 5.82 Å². The van der Waals surface area contributed by atoms with E-state index in [0.717, 1.165) is 21.1 Å². The summed E-state index contributed by atoms with van der Waals surface area (Å²) in [5.41, 5.74) is -4.19. The fourth-order valence-electron chi connectivity index (χ4n) is 5.68. The number of H-pyrrole nitrogens is 1. The Bertz CT molecular complexity index is 1430. The van der Waals surface area contributed by atoms with Crippen molar-refractivity contribution in [3.63, 3.8) is 0 Å². The number of aliphatic hydroxyl groups is 1. The standard InChI is InChI=1S/C30H37FN2O7Si/c1-6-38-27(35)30(5,37)23-17-20(40-26(23)33-18-24(31)25(34)32-28(33)36)19-39-41(29(2,3)4,21-13-9-7-10-14-21)22-15-11-8-12-16-22/h7-16,18,20,23,26,37H,6,17,19H2,1-5H3,(H,32,34,36)/t20-,23+,26+,30-/m0/s1. The Balaban J connectivity index is 1.75. The highest BCUT2D eigenvalue weighted by molar-refractivity contribution is 6.99. The van der Waals surface area contributed by atoms with E-state index in [1.807, 2.05) is 41.4 Å². The summed E-state index contributed by atoms with van der Waals surface area (Å²) in [6.07, 6.45) is -1.14. The smallest absolute Gasteiger partial charge is 0.338 e. The zero-order chi connectivity index (χ0) is 30.0. The molecule has 0 unspecified atom stereocenters. The fourth-order valence-corrected chi connectivity index (χ4v) is 10.3. The predicted molar refractivity (Wildman–Crippen MR) is 154 cm³/mol. The monoisotopic (exact) mass is 584 g/mol. The molecule has 4 atom stereocenters. The molecule has 1 saturated heterocycles. The van der Waals surface area contributed by atoms with Crippen LogP contribution < -0.4 is 21.6 Å². The van der Waals surface area contributed by atoms with E-state index in [2.05, 4.69) is 45.0 Å². The van der Waals surface area contributed by atoms with Crippen LogP contribution in [0.15, 0.2) is 76.4 Å². The molecule has 2 aromatic carbocycles. The van der Waals surface area contributed by atoms with Crippen molar-refractivity contribution in [3.05, 3.63) is 93.5 Å². The van der Waals surface area contributed by atoms with Gasteiger partial charge in [0.05, 0.1) is 25.5 Å². The van der Waals surface area contributed by atoms with Gasteiger partial charge in [-0.25, -0.2) is 9.59 Å². The number of aromatic amines is 1. The highest BCUT2D eigenvalue weighted by Crippen LogP contribution is 2.43. The van der Waals surface area contributed by atoms with Crippen LogP contribution in [0, 0.1) is 11.7 Å². The summed E-state index contributed by atoms with van der Waals surface area (Å²) in [4.78, 5) is 39.1. The second kappa shape index (κ2) is 11.8. The lowest BCUT2D eigenvalue weighted by Crippen LogP contribution is -2.67. The molecule has 3 aromatic rings. The highest BCUT2D eigenvalue weighted by Gasteiger charge is 2.54. The Hall–Kier alpha value is -3.38. The van der Waals surface area contributed by atoms with Crippen LogP contribution in [0.2, 0.25) is 5.04 Å². The molecule has 0 aliphatic carbocycles. The van der Waals surface area contributed by atoms with Gasteiger partial charge >= 0.3 is 11.7 Å². The van der Waals surface area contributed by atoms with Gasteiger partial charge in [-0.2, -0.15) is 4.39 Å². The van der Waals surface area contributed by atoms with Crippen LogP contribution in [-0.2, 0) is 18.7 Å². The molecule has 2 N–H and O–H groups in total. The lowest BCUT2D eigenvalue weighted by atomic mass is 9.85. The minimum Gasteiger partial charge on any atom is -0.464 e. The van der Waals surface area contributed by atoms with E-state index in [9.17, 15) is 23.9 Å². The van der Waals surface area contributed by atoms with Gasteiger partial charge in [-0.1, -0.05) is 81.4 Å². The van der Waals surface area contributed by atoms with Crippen LogP contribution >= 0.6 is 0 Å². The number of esters is 1. The molecule has 0 bridgehead atoms. The van der Waals surface area contributed by atoms with Crippen LogP contribution in [0.3, 0.4) is 0 Å². The Morgan fingerprint density at radius 2 is 1.63 bits per heavy atom. The first kappa shape index (κ1) is 30.6. The van der Waals surface area contributed by atoms with E-state index in [4.69, 9.17) is 13.9 Å². The second-order valence-electron chi connectivity index (χ2n) is 11.5. The molecular formula is C30H37FN2O7Si. The van der Waals surface area contributed by atoms with Gasteiger partial charge in [0.15, 0.2) is 5.60 Å². The van der Waals surface area contributed by atoms with Crippen LogP contribution in [0.25, 0.3) is 0 Å². The molecule has 9 nitrogen and oxygen atoms in total. The number of ether oxygens (including phenoxy) is 2. The zero-order valence-electron chi connectivity index (χ0n) is 23.9. The third-order valence-corrected chi connectivity index (χ3v) is 12.7. The predicted octanol–water partition coefficient (Wildman–Crippen LogP) is 2.47. The maximum absolute atomic E-state index is 14.3. The van der Waals surface area contributed by atoms with E-state index in [1.54, 1.807) is 6.92 Å². The largest absolute Gasteiger partial charge is 0.464 e. The Labute approximate surface area is 239 Å². The maximum Gasteiger partial charge on any atom is 0.338 e. The minimum atomic E-state index is -2.96. The summed E-state index contributed by atoms with van der Waals surface area (Å²) in [6.45, 7) is 9.39. The average molecular weight is 585 g/mol. The first-order valence-corrected chi connectivity index (χ1v) is 15.5. The van der Waals surface area contributed by atoms with Crippen molar-refractivity contribution in [1.82, 2.24) is 9.55 Å². The number of benzene rings is 2. The highest BCUT2D eigenvalue weighted by atomic mass is 28.4. The van der Waals surface area contributed by atoms with Gasteiger partial charge in [-0.15, -0.1) is 0 Å². The molecule has 1 aliphatic rings. The number of nitrogens with one attached hydrogen (secondary N) is 1. The number of hydrogen-bond donors (Lipinski definition) is 2. The zero-order valence-corrected chi connectivity index (χ0v) is 24.9. The molecule has 0 amide bonds. The Morgan fingerprint density at radius 1 is 1.07 bits per heavy atom. The number of rotatable bonds is 9. The summed E-state index contributed by atoms with van der Waals surface area (Å²) >= 11 is 0. The Morgan fingerprint density at radius 3 is 2.15 bits per heavy atom. The number of carbonyl (C=O) groups is 1. The molecule has 4 rings (SSSR count). The van der Waals surface area contributed by atoms with Crippen molar-refractivity contribution >= 4 is 24.7 Å². The number of carbonyl (C=O) groups excluding carboxylic acids is 1. The third kappa shape index (κ3) is 5.85. The molecule has 11 heteroatoms. The number of hydrogen-bond acceptors (Lipinski definition) is 7.